The van der Waals surface area contributed by atoms with Crippen LogP contribution >= 0.6 is 0 Å². The summed E-state index contributed by atoms with van der Waals surface area (Å²) in [5.41, 5.74) is 2.09. The lowest BCUT2D eigenvalue weighted by atomic mass is 10.1. The van der Waals surface area contributed by atoms with Crippen LogP contribution in [0.1, 0.15) is 40.5 Å². The van der Waals surface area contributed by atoms with Crippen molar-refractivity contribution in [3.63, 3.8) is 0 Å². The Morgan fingerprint density at radius 2 is 1.86 bits per heavy atom. The number of allylic oxidation sites excluding steroid dienone is 3. The zero-order valence-corrected chi connectivity index (χ0v) is 17.0. The first-order chi connectivity index (χ1) is 13.3. The maximum Gasteiger partial charge on any atom is 0.383 e. The quantitative estimate of drug-likeness (QED) is 0.281. The minimum Gasteiger partial charge on any atom is -0.487 e. The second kappa shape index (κ2) is 9.78. The van der Waals surface area contributed by atoms with Gasteiger partial charge >= 0.3 is 11.6 Å². The Bertz CT molecular complexity index is 961. The summed E-state index contributed by atoms with van der Waals surface area (Å²) in [6.07, 6.45) is 6.09. The highest BCUT2D eigenvalue weighted by Crippen LogP contribution is 2.34. The summed E-state index contributed by atoms with van der Waals surface area (Å²) >= 11 is 0. The van der Waals surface area contributed by atoms with Gasteiger partial charge in [-0.2, -0.15) is 0 Å². The average molecular weight is 386 g/mol. The van der Waals surface area contributed by atoms with E-state index in [0.29, 0.717) is 17.7 Å². The summed E-state index contributed by atoms with van der Waals surface area (Å²) < 4.78 is 21.4. The molecule has 0 aliphatic heterocycles. The number of methoxy groups -OCH3 is 1. The van der Waals surface area contributed by atoms with Crippen LogP contribution in [0.3, 0.4) is 0 Å². The summed E-state index contributed by atoms with van der Waals surface area (Å²) in [7, 11) is 1.39. The van der Waals surface area contributed by atoms with Crippen LogP contribution in [0, 0.1) is 0 Å². The Labute approximate surface area is 164 Å². The van der Waals surface area contributed by atoms with E-state index in [1.807, 2.05) is 13.0 Å². The lowest BCUT2D eigenvalue weighted by Crippen LogP contribution is -2.08. The normalized spacial score (nSPS) is 11.2. The number of esters is 1. The Balaban J connectivity index is 2.27. The maximum absolute atomic E-state index is 12.2. The molecule has 0 saturated heterocycles. The van der Waals surface area contributed by atoms with Gasteiger partial charge in [0.05, 0.1) is 12.5 Å². The van der Waals surface area contributed by atoms with E-state index in [1.54, 1.807) is 12.1 Å². The molecule has 150 valence electrons. The van der Waals surface area contributed by atoms with Crippen molar-refractivity contribution in [2.75, 3.05) is 13.7 Å². The average Bonchev–Trinajstić information content (AvgIpc) is 2.60. The molecule has 0 saturated carbocycles. The summed E-state index contributed by atoms with van der Waals surface area (Å²) in [5, 5.41) is 0.558. The molecule has 6 heteroatoms. The van der Waals surface area contributed by atoms with Crippen LogP contribution in [-0.2, 0) is 4.79 Å². The third-order valence-electron chi connectivity index (χ3n) is 4.01. The van der Waals surface area contributed by atoms with E-state index in [4.69, 9.17) is 18.6 Å². The van der Waals surface area contributed by atoms with Gasteiger partial charge in [0.25, 0.3) is 0 Å². The number of fused-ring (bicyclic) bond motifs is 1. The first kappa shape index (κ1) is 21.3. The fraction of sp³-hybridized carbons (Fsp3) is 0.364. The van der Waals surface area contributed by atoms with Crippen LogP contribution in [0.4, 0.5) is 0 Å². The molecule has 0 unspecified atom stereocenters. The second-order valence-electron chi connectivity index (χ2n) is 6.69. The molecule has 0 atom stereocenters. The predicted octanol–water partition coefficient (Wildman–Crippen LogP) is 4.80. The number of benzene rings is 1. The smallest absolute Gasteiger partial charge is 0.383 e. The van der Waals surface area contributed by atoms with E-state index in [2.05, 4.69) is 19.9 Å². The van der Waals surface area contributed by atoms with Crippen LogP contribution in [-0.4, -0.2) is 19.7 Å². The SMILES string of the molecule is COc1c(OCC=C(C)CCC=C(C)C)c2ccc(OC(C)=O)cc2oc1=O. The van der Waals surface area contributed by atoms with Gasteiger partial charge in [0.2, 0.25) is 5.75 Å². The molecule has 28 heavy (non-hydrogen) atoms. The van der Waals surface area contributed by atoms with E-state index in [-0.39, 0.29) is 17.1 Å². The van der Waals surface area contributed by atoms with Crippen molar-refractivity contribution < 1.29 is 23.4 Å². The molecule has 1 aromatic heterocycles. The molecule has 0 N–H and O–H groups in total. The Morgan fingerprint density at radius 1 is 1.11 bits per heavy atom. The summed E-state index contributed by atoms with van der Waals surface area (Å²) in [5.74, 6) is 0.134. The lowest BCUT2D eigenvalue weighted by Gasteiger charge is -2.12. The van der Waals surface area contributed by atoms with E-state index >= 15 is 0 Å². The molecule has 2 rings (SSSR count). The van der Waals surface area contributed by atoms with Crippen molar-refractivity contribution in [2.45, 2.75) is 40.5 Å². The number of carbonyl (C=O) groups excluding carboxylic acids is 1. The molecule has 0 fully saturated rings. The highest BCUT2D eigenvalue weighted by molar-refractivity contribution is 5.87. The van der Waals surface area contributed by atoms with Crippen LogP contribution < -0.4 is 19.8 Å². The molecular formula is C22H26O6. The van der Waals surface area contributed by atoms with Crippen molar-refractivity contribution in [2.24, 2.45) is 0 Å². The number of hydrogen-bond acceptors (Lipinski definition) is 6. The predicted molar refractivity (Wildman–Crippen MR) is 108 cm³/mol. The van der Waals surface area contributed by atoms with Gasteiger partial charge in [-0.05, 0) is 51.8 Å². The summed E-state index contributed by atoms with van der Waals surface area (Å²) in [6, 6.07) is 4.75. The number of carbonyl (C=O) groups is 1. The fourth-order valence-electron chi connectivity index (χ4n) is 2.64. The van der Waals surface area contributed by atoms with Gasteiger partial charge in [-0.1, -0.05) is 17.2 Å². The largest absolute Gasteiger partial charge is 0.487 e. The fourth-order valence-corrected chi connectivity index (χ4v) is 2.64. The number of rotatable bonds is 8. The van der Waals surface area contributed by atoms with Gasteiger partial charge in [-0.25, -0.2) is 4.79 Å². The third-order valence-corrected chi connectivity index (χ3v) is 4.01. The van der Waals surface area contributed by atoms with Gasteiger partial charge in [0.15, 0.2) is 5.75 Å². The summed E-state index contributed by atoms with van der Waals surface area (Å²) in [6.45, 7) is 7.79. The Hall–Kier alpha value is -3.02. The van der Waals surface area contributed by atoms with Crippen molar-refractivity contribution in [3.8, 4) is 17.2 Å². The maximum atomic E-state index is 12.2. The van der Waals surface area contributed by atoms with E-state index < -0.39 is 11.6 Å². The topological polar surface area (TPSA) is 75.0 Å². The van der Waals surface area contributed by atoms with Gasteiger partial charge in [0.1, 0.15) is 17.9 Å². The first-order valence-electron chi connectivity index (χ1n) is 9.07. The number of ether oxygens (including phenoxy) is 3. The van der Waals surface area contributed by atoms with Crippen LogP contribution in [0.2, 0.25) is 0 Å². The van der Waals surface area contributed by atoms with E-state index in [9.17, 15) is 9.59 Å². The van der Waals surface area contributed by atoms with Crippen molar-refractivity contribution >= 4 is 16.9 Å². The Morgan fingerprint density at radius 3 is 2.50 bits per heavy atom. The molecule has 6 nitrogen and oxygen atoms in total. The summed E-state index contributed by atoms with van der Waals surface area (Å²) in [4.78, 5) is 23.4. The lowest BCUT2D eigenvalue weighted by molar-refractivity contribution is -0.131. The molecule has 0 spiro atoms. The Kier molecular flexibility index (Phi) is 7.44. The molecule has 0 aliphatic carbocycles. The first-order valence-corrected chi connectivity index (χ1v) is 9.07. The van der Waals surface area contributed by atoms with E-state index in [1.165, 1.54) is 31.2 Å². The molecule has 1 heterocycles. The van der Waals surface area contributed by atoms with Gasteiger partial charge in [-0.3, -0.25) is 4.79 Å². The molecule has 2 aromatic rings. The van der Waals surface area contributed by atoms with E-state index in [0.717, 1.165) is 12.8 Å². The van der Waals surface area contributed by atoms with Crippen LogP contribution in [0.25, 0.3) is 11.0 Å². The minimum atomic E-state index is -0.658. The van der Waals surface area contributed by atoms with Crippen LogP contribution in [0.5, 0.6) is 17.2 Å². The number of hydrogen-bond donors (Lipinski definition) is 0. The van der Waals surface area contributed by atoms with Crippen molar-refractivity contribution in [1.82, 2.24) is 0 Å². The molecular weight excluding hydrogens is 360 g/mol. The molecule has 0 bridgehead atoms. The van der Waals surface area contributed by atoms with Crippen molar-refractivity contribution in [3.05, 3.63) is 51.9 Å². The van der Waals surface area contributed by atoms with Gasteiger partial charge < -0.3 is 18.6 Å². The highest BCUT2D eigenvalue weighted by Gasteiger charge is 2.17. The monoisotopic (exact) mass is 386 g/mol. The van der Waals surface area contributed by atoms with Gasteiger partial charge in [0, 0.05) is 13.0 Å². The molecule has 0 aliphatic rings. The standard InChI is InChI=1S/C22H26O6/c1-14(2)7-6-8-15(3)11-12-26-20-18-10-9-17(27-16(4)23)13-19(18)28-22(24)21(20)25-5/h7,9-11,13H,6,8,12H2,1-5H3. The zero-order chi connectivity index (χ0) is 20.7. The highest BCUT2D eigenvalue weighted by atomic mass is 16.5. The third kappa shape index (κ3) is 5.74. The molecule has 1 aromatic carbocycles. The van der Waals surface area contributed by atoms with Crippen LogP contribution in [0.15, 0.2) is 50.7 Å². The second-order valence-corrected chi connectivity index (χ2v) is 6.69. The minimum absolute atomic E-state index is 0.00308. The van der Waals surface area contributed by atoms with Crippen molar-refractivity contribution in [1.29, 1.82) is 0 Å². The molecule has 0 radical (unpaired) electrons. The molecule has 0 amide bonds. The van der Waals surface area contributed by atoms with Gasteiger partial charge in [-0.15, -0.1) is 0 Å². The zero-order valence-electron chi connectivity index (χ0n) is 17.0.